The Kier molecular flexibility index (Phi) is 5.11. The van der Waals surface area contributed by atoms with Crippen molar-refractivity contribution in [3.05, 3.63) is 0 Å². The van der Waals surface area contributed by atoms with Crippen LogP contribution in [0.2, 0.25) is 0 Å². The lowest BCUT2D eigenvalue weighted by atomic mass is 9.76. The van der Waals surface area contributed by atoms with Gasteiger partial charge in [-0.3, -0.25) is 0 Å². The molecule has 0 bridgehead atoms. The minimum Gasteiger partial charge on any atom is -0.480 e. The number of carboxylic acids is 1. The molecule has 0 saturated carbocycles. The van der Waals surface area contributed by atoms with E-state index in [1.165, 1.54) is 6.92 Å². The molecule has 2 amide bonds. The number of carbonyl (C=O) groups is 2. The van der Waals surface area contributed by atoms with Gasteiger partial charge in [0, 0.05) is 13.1 Å². The first-order chi connectivity index (χ1) is 9.49. The van der Waals surface area contributed by atoms with Gasteiger partial charge in [-0.25, -0.2) is 9.59 Å². The lowest BCUT2D eigenvalue weighted by Crippen LogP contribution is -2.60. The number of carbonyl (C=O) groups excluding carboxylic acids is 1. The number of amides is 2. The second-order valence-electron chi connectivity index (χ2n) is 5.94. The number of nitrogens with zero attached hydrogens (tertiary/aromatic N) is 2. The Morgan fingerprint density at radius 3 is 2.38 bits per heavy atom. The van der Waals surface area contributed by atoms with Crippen molar-refractivity contribution >= 4 is 12.0 Å². The summed E-state index contributed by atoms with van der Waals surface area (Å²) in [4.78, 5) is 25.4. The summed E-state index contributed by atoms with van der Waals surface area (Å²) in [5, 5.41) is 9.35. The Hall–Kier alpha value is -1.47. The van der Waals surface area contributed by atoms with E-state index in [0.717, 1.165) is 4.90 Å². The molecule has 1 aliphatic rings. The van der Waals surface area contributed by atoms with Crippen molar-refractivity contribution in [1.82, 2.24) is 9.80 Å². The lowest BCUT2D eigenvalue weighted by Gasteiger charge is -2.45. The molecule has 0 radical (unpaired) electrons. The average Bonchev–Trinajstić information content (AvgIpc) is 2.31. The first kappa shape index (κ1) is 17.6. The van der Waals surface area contributed by atoms with Crippen molar-refractivity contribution in [3.63, 3.8) is 0 Å². The second-order valence-corrected chi connectivity index (χ2v) is 5.94. The summed E-state index contributed by atoms with van der Waals surface area (Å²) in [6.07, 6.45) is -3.32. The number of likely N-dealkylation sites (tertiary alicyclic amines) is 1. The molecule has 5 nitrogen and oxygen atoms in total. The molecule has 0 aromatic carbocycles. The first-order valence-corrected chi connectivity index (χ1v) is 6.84. The zero-order valence-corrected chi connectivity index (χ0v) is 12.4. The van der Waals surface area contributed by atoms with Crippen LogP contribution in [0.25, 0.3) is 0 Å². The molecule has 1 saturated heterocycles. The van der Waals surface area contributed by atoms with Gasteiger partial charge in [0.05, 0.1) is 0 Å². The van der Waals surface area contributed by atoms with E-state index in [4.69, 9.17) is 0 Å². The van der Waals surface area contributed by atoms with Crippen LogP contribution in [0.3, 0.4) is 0 Å². The van der Waals surface area contributed by atoms with Crippen molar-refractivity contribution in [2.45, 2.75) is 45.8 Å². The Morgan fingerprint density at radius 1 is 1.38 bits per heavy atom. The maximum absolute atomic E-state index is 12.5. The molecule has 0 aromatic heterocycles. The van der Waals surface area contributed by atoms with E-state index >= 15 is 0 Å². The maximum atomic E-state index is 12.5. The van der Waals surface area contributed by atoms with Gasteiger partial charge in [0.1, 0.15) is 12.6 Å². The third-order valence-corrected chi connectivity index (χ3v) is 3.77. The topological polar surface area (TPSA) is 60.9 Å². The van der Waals surface area contributed by atoms with E-state index in [2.05, 4.69) is 0 Å². The molecule has 1 unspecified atom stereocenters. The molecule has 21 heavy (non-hydrogen) atoms. The Labute approximate surface area is 121 Å². The van der Waals surface area contributed by atoms with Crippen molar-refractivity contribution in [1.29, 1.82) is 0 Å². The van der Waals surface area contributed by atoms with E-state index in [1.807, 2.05) is 0 Å². The number of piperidine rings is 1. The van der Waals surface area contributed by atoms with Crippen LogP contribution in [-0.2, 0) is 4.79 Å². The summed E-state index contributed by atoms with van der Waals surface area (Å²) in [6.45, 7) is 3.53. The number of rotatable bonds is 3. The molecular weight excluding hydrogens is 289 g/mol. The van der Waals surface area contributed by atoms with Crippen molar-refractivity contribution in [2.24, 2.45) is 5.41 Å². The van der Waals surface area contributed by atoms with Gasteiger partial charge in [0.15, 0.2) is 0 Å². The van der Waals surface area contributed by atoms with Gasteiger partial charge in [-0.05, 0) is 25.2 Å². The fourth-order valence-corrected chi connectivity index (χ4v) is 2.78. The van der Waals surface area contributed by atoms with Crippen LogP contribution < -0.4 is 0 Å². The Morgan fingerprint density at radius 2 is 1.95 bits per heavy atom. The van der Waals surface area contributed by atoms with Crippen LogP contribution in [-0.4, -0.2) is 58.8 Å². The molecule has 1 rings (SSSR count). The zero-order chi connectivity index (χ0) is 16.4. The van der Waals surface area contributed by atoms with Gasteiger partial charge in [-0.1, -0.05) is 13.8 Å². The molecule has 1 atom stereocenters. The van der Waals surface area contributed by atoms with E-state index < -0.39 is 36.2 Å². The monoisotopic (exact) mass is 310 g/mol. The zero-order valence-electron chi connectivity index (χ0n) is 12.4. The number of hydrogen-bond acceptors (Lipinski definition) is 2. The molecule has 0 spiro atoms. The van der Waals surface area contributed by atoms with Crippen LogP contribution in [0.15, 0.2) is 0 Å². The molecule has 1 fully saturated rings. The highest BCUT2D eigenvalue weighted by molar-refractivity contribution is 5.83. The van der Waals surface area contributed by atoms with Gasteiger partial charge < -0.3 is 14.9 Å². The number of alkyl halides is 3. The van der Waals surface area contributed by atoms with Crippen LogP contribution in [0.1, 0.15) is 33.6 Å². The standard InChI is InChI=1S/C13H21F3N2O3/c1-4-17(8-13(14,15)16)11(21)18-7-5-6-12(2,3)9(18)10(19)20/h9H,4-8H2,1-3H3,(H,19,20). The first-order valence-electron chi connectivity index (χ1n) is 6.84. The minimum atomic E-state index is -4.50. The smallest absolute Gasteiger partial charge is 0.406 e. The number of aliphatic carboxylic acids is 1. The second kappa shape index (κ2) is 6.11. The van der Waals surface area contributed by atoms with Crippen molar-refractivity contribution < 1.29 is 27.9 Å². The van der Waals surface area contributed by atoms with Gasteiger partial charge in [-0.2, -0.15) is 13.2 Å². The van der Waals surface area contributed by atoms with Crippen LogP contribution in [0.4, 0.5) is 18.0 Å². The van der Waals surface area contributed by atoms with Gasteiger partial charge >= 0.3 is 18.2 Å². The molecule has 0 aliphatic carbocycles. The summed E-state index contributed by atoms with van der Waals surface area (Å²) < 4.78 is 37.5. The van der Waals surface area contributed by atoms with Gasteiger partial charge in [0.25, 0.3) is 0 Å². The quantitative estimate of drug-likeness (QED) is 0.871. The SMILES string of the molecule is CCN(CC(F)(F)F)C(=O)N1CCCC(C)(C)C1C(=O)O. The summed E-state index contributed by atoms with van der Waals surface area (Å²) in [5.74, 6) is -1.18. The van der Waals surface area contributed by atoms with Crippen molar-refractivity contribution in [3.8, 4) is 0 Å². The van der Waals surface area contributed by atoms with Crippen LogP contribution >= 0.6 is 0 Å². The number of carboxylic acid groups (broad SMARTS) is 1. The molecule has 0 aromatic rings. The third-order valence-electron chi connectivity index (χ3n) is 3.77. The normalized spacial score (nSPS) is 22.0. The van der Waals surface area contributed by atoms with Gasteiger partial charge in [0.2, 0.25) is 0 Å². The number of hydrogen-bond donors (Lipinski definition) is 1. The summed E-state index contributed by atoms with van der Waals surface area (Å²) >= 11 is 0. The summed E-state index contributed by atoms with van der Waals surface area (Å²) in [6, 6.07) is -1.98. The third kappa shape index (κ3) is 4.25. The number of urea groups is 1. The van der Waals surface area contributed by atoms with E-state index in [9.17, 15) is 27.9 Å². The number of halogens is 3. The Balaban J connectivity index is 2.99. The molecule has 1 heterocycles. The highest BCUT2D eigenvalue weighted by atomic mass is 19.4. The van der Waals surface area contributed by atoms with E-state index in [-0.39, 0.29) is 13.1 Å². The average molecular weight is 310 g/mol. The molecule has 1 aliphatic heterocycles. The lowest BCUT2D eigenvalue weighted by molar-refractivity contribution is -0.150. The van der Waals surface area contributed by atoms with E-state index in [1.54, 1.807) is 13.8 Å². The maximum Gasteiger partial charge on any atom is 0.406 e. The molecule has 1 N–H and O–H groups in total. The predicted molar refractivity (Wildman–Crippen MR) is 69.8 cm³/mol. The van der Waals surface area contributed by atoms with Crippen LogP contribution in [0, 0.1) is 5.41 Å². The molecule has 8 heteroatoms. The summed E-state index contributed by atoms with van der Waals surface area (Å²) in [7, 11) is 0. The molecule has 122 valence electrons. The largest absolute Gasteiger partial charge is 0.480 e. The highest BCUT2D eigenvalue weighted by Crippen LogP contribution is 2.36. The fourth-order valence-electron chi connectivity index (χ4n) is 2.78. The van der Waals surface area contributed by atoms with Crippen molar-refractivity contribution in [2.75, 3.05) is 19.6 Å². The molecular formula is C13H21F3N2O3. The fraction of sp³-hybridized carbons (Fsp3) is 0.846. The minimum absolute atomic E-state index is 0.123. The van der Waals surface area contributed by atoms with Gasteiger partial charge in [-0.15, -0.1) is 0 Å². The predicted octanol–water partition coefficient (Wildman–Crippen LogP) is 2.57. The summed E-state index contributed by atoms with van der Waals surface area (Å²) in [5.41, 5.74) is -0.669. The highest BCUT2D eigenvalue weighted by Gasteiger charge is 2.46. The van der Waals surface area contributed by atoms with Crippen LogP contribution in [0.5, 0.6) is 0 Å². The van der Waals surface area contributed by atoms with E-state index in [0.29, 0.717) is 17.7 Å². The Bertz CT molecular complexity index is 410.